The van der Waals surface area contributed by atoms with Crippen LogP contribution in [0.3, 0.4) is 0 Å². The van der Waals surface area contributed by atoms with E-state index in [9.17, 15) is 0 Å². The van der Waals surface area contributed by atoms with Crippen molar-refractivity contribution in [1.29, 1.82) is 0 Å². The molecule has 1 fully saturated rings. The smallest absolute Gasteiger partial charge is 0.0426 e. The van der Waals surface area contributed by atoms with Crippen LogP contribution in [0.5, 0.6) is 0 Å². The fraction of sp³-hybridized carbons (Fsp3) is 0.647. The SMILES string of the molecule is CCCCc1ccc(C(Br)C2CCCC2C)cc1. The van der Waals surface area contributed by atoms with Crippen LogP contribution in [0.1, 0.15) is 61.9 Å². The van der Waals surface area contributed by atoms with E-state index in [1.165, 1.54) is 49.7 Å². The van der Waals surface area contributed by atoms with Gasteiger partial charge in [0, 0.05) is 4.83 Å². The fourth-order valence-corrected chi connectivity index (χ4v) is 4.20. The molecule has 0 saturated heterocycles. The molecule has 0 aliphatic heterocycles. The minimum Gasteiger partial charge on any atom is -0.0836 e. The predicted octanol–water partition coefficient (Wildman–Crippen LogP) is 5.90. The number of rotatable bonds is 5. The lowest BCUT2D eigenvalue weighted by Crippen LogP contribution is -2.10. The molecule has 1 aromatic rings. The summed E-state index contributed by atoms with van der Waals surface area (Å²) < 4.78 is 0. The highest BCUT2D eigenvalue weighted by atomic mass is 79.9. The maximum absolute atomic E-state index is 3.93. The Labute approximate surface area is 120 Å². The fourth-order valence-electron chi connectivity index (χ4n) is 3.11. The number of hydrogen-bond acceptors (Lipinski definition) is 0. The molecule has 100 valence electrons. The van der Waals surface area contributed by atoms with Crippen LogP contribution >= 0.6 is 15.9 Å². The first-order valence-electron chi connectivity index (χ1n) is 7.45. The highest BCUT2D eigenvalue weighted by Gasteiger charge is 2.30. The van der Waals surface area contributed by atoms with E-state index in [4.69, 9.17) is 0 Å². The van der Waals surface area contributed by atoms with E-state index in [-0.39, 0.29) is 0 Å². The number of unbranched alkanes of at least 4 members (excludes halogenated alkanes) is 1. The van der Waals surface area contributed by atoms with Crippen molar-refractivity contribution < 1.29 is 0 Å². The maximum Gasteiger partial charge on any atom is 0.0426 e. The summed E-state index contributed by atoms with van der Waals surface area (Å²) in [6, 6.07) is 9.29. The molecular weight excluding hydrogens is 284 g/mol. The molecule has 0 nitrogen and oxygen atoms in total. The third kappa shape index (κ3) is 3.38. The van der Waals surface area contributed by atoms with Crippen LogP contribution < -0.4 is 0 Å². The third-order valence-electron chi connectivity index (χ3n) is 4.42. The second kappa shape index (κ2) is 6.75. The number of hydrogen-bond donors (Lipinski definition) is 0. The molecule has 1 heteroatoms. The van der Waals surface area contributed by atoms with Gasteiger partial charge >= 0.3 is 0 Å². The van der Waals surface area contributed by atoms with Crippen LogP contribution in [0.25, 0.3) is 0 Å². The number of aryl methyl sites for hydroxylation is 1. The van der Waals surface area contributed by atoms with Gasteiger partial charge in [0.2, 0.25) is 0 Å². The Bertz CT molecular complexity index is 354. The largest absolute Gasteiger partial charge is 0.0836 e. The molecule has 0 N–H and O–H groups in total. The molecule has 3 unspecified atom stereocenters. The molecule has 0 aromatic heterocycles. The lowest BCUT2D eigenvalue weighted by molar-refractivity contribution is 0.414. The normalized spacial score (nSPS) is 25.3. The highest BCUT2D eigenvalue weighted by Crippen LogP contribution is 2.44. The van der Waals surface area contributed by atoms with Crippen molar-refractivity contribution in [2.45, 2.75) is 57.2 Å². The van der Waals surface area contributed by atoms with Gasteiger partial charge in [-0.15, -0.1) is 0 Å². The molecule has 0 amide bonds. The summed E-state index contributed by atoms with van der Waals surface area (Å²) in [5, 5.41) is 0. The molecule has 1 aliphatic carbocycles. The number of alkyl halides is 1. The van der Waals surface area contributed by atoms with E-state index < -0.39 is 0 Å². The van der Waals surface area contributed by atoms with Gasteiger partial charge in [-0.3, -0.25) is 0 Å². The maximum atomic E-state index is 3.93. The molecule has 1 aliphatic rings. The van der Waals surface area contributed by atoms with Gasteiger partial charge < -0.3 is 0 Å². The van der Waals surface area contributed by atoms with E-state index in [0.29, 0.717) is 4.83 Å². The van der Waals surface area contributed by atoms with Crippen LogP contribution in [0.4, 0.5) is 0 Å². The first kappa shape index (κ1) is 14.1. The standard InChI is InChI=1S/C17H25Br/c1-3-4-7-14-9-11-15(12-10-14)17(18)16-8-5-6-13(16)2/h9-13,16-17H,3-8H2,1-2H3. The van der Waals surface area contributed by atoms with Gasteiger partial charge in [0.05, 0.1) is 0 Å². The first-order valence-corrected chi connectivity index (χ1v) is 8.37. The molecule has 0 heterocycles. The average molecular weight is 309 g/mol. The molecule has 18 heavy (non-hydrogen) atoms. The lowest BCUT2D eigenvalue weighted by atomic mass is 9.90. The number of halogens is 1. The Morgan fingerprint density at radius 1 is 1.22 bits per heavy atom. The topological polar surface area (TPSA) is 0 Å². The van der Waals surface area contributed by atoms with Crippen molar-refractivity contribution >= 4 is 15.9 Å². The second-order valence-electron chi connectivity index (χ2n) is 5.82. The van der Waals surface area contributed by atoms with Crippen molar-refractivity contribution in [3.05, 3.63) is 35.4 Å². The summed E-state index contributed by atoms with van der Waals surface area (Å²) in [7, 11) is 0. The Kier molecular flexibility index (Phi) is 5.29. The summed E-state index contributed by atoms with van der Waals surface area (Å²) in [4.78, 5) is 0.551. The molecular formula is C17H25Br. The van der Waals surface area contributed by atoms with E-state index in [1.807, 2.05) is 0 Å². The van der Waals surface area contributed by atoms with Gasteiger partial charge in [0.1, 0.15) is 0 Å². The monoisotopic (exact) mass is 308 g/mol. The second-order valence-corrected chi connectivity index (χ2v) is 6.81. The van der Waals surface area contributed by atoms with Gasteiger partial charge in [-0.2, -0.15) is 0 Å². The van der Waals surface area contributed by atoms with E-state index in [1.54, 1.807) is 0 Å². The quantitative estimate of drug-likeness (QED) is 0.594. The van der Waals surface area contributed by atoms with Crippen molar-refractivity contribution in [2.75, 3.05) is 0 Å². The summed E-state index contributed by atoms with van der Waals surface area (Å²) in [5.41, 5.74) is 2.95. The van der Waals surface area contributed by atoms with Crippen molar-refractivity contribution in [3.63, 3.8) is 0 Å². The van der Waals surface area contributed by atoms with Crippen molar-refractivity contribution in [2.24, 2.45) is 11.8 Å². The molecule has 0 radical (unpaired) electrons. The van der Waals surface area contributed by atoms with Crippen LogP contribution in [0.15, 0.2) is 24.3 Å². The van der Waals surface area contributed by atoms with Gasteiger partial charge in [-0.25, -0.2) is 0 Å². The van der Waals surface area contributed by atoms with Crippen LogP contribution in [0.2, 0.25) is 0 Å². The summed E-state index contributed by atoms with van der Waals surface area (Å²) >= 11 is 3.93. The van der Waals surface area contributed by atoms with Crippen molar-refractivity contribution in [1.82, 2.24) is 0 Å². The third-order valence-corrected chi connectivity index (χ3v) is 5.63. The summed E-state index contributed by atoms with van der Waals surface area (Å²) in [6.07, 6.45) is 8.00. The Morgan fingerprint density at radius 3 is 2.50 bits per heavy atom. The van der Waals surface area contributed by atoms with Crippen molar-refractivity contribution in [3.8, 4) is 0 Å². The first-order chi connectivity index (χ1) is 8.72. The Balaban J connectivity index is 2.00. The van der Waals surface area contributed by atoms with E-state index in [0.717, 1.165) is 11.8 Å². The molecule has 0 bridgehead atoms. The van der Waals surface area contributed by atoms with Gasteiger partial charge in [0.25, 0.3) is 0 Å². The van der Waals surface area contributed by atoms with Gasteiger partial charge in [-0.05, 0) is 42.2 Å². The zero-order valence-electron chi connectivity index (χ0n) is 11.7. The Morgan fingerprint density at radius 2 is 1.94 bits per heavy atom. The molecule has 2 rings (SSSR count). The summed E-state index contributed by atoms with van der Waals surface area (Å²) in [6.45, 7) is 4.66. The molecule has 0 spiro atoms. The highest BCUT2D eigenvalue weighted by molar-refractivity contribution is 9.09. The lowest BCUT2D eigenvalue weighted by Gasteiger charge is -2.22. The zero-order chi connectivity index (χ0) is 13.0. The van der Waals surface area contributed by atoms with E-state index in [2.05, 4.69) is 54.0 Å². The van der Waals surface area contributed by atoms with Crippen LogP contribution in [-0.4, -0.2) is 0 Å². The van der Waals surface area contributed by atoms with Crippen LogP contribution in [0, 0.1) is 11.8 Å². The van der Waals surface area contributed by atoms with Crippen LogP contribution in [-0.2, 0) is 6.42 Å². The minimum atomic E-state index is 0.551. The van der Waals surface area contributed by atoms with Gasteiger partial charge in [0.15, 0.2) is 0 Å². The van der Waals surface area contributed by atoms with Gasteiger partial charge in [-0.1, -0.05) is 73.3 Å². The summed E-state index contributed by atoms with van der Waals surface area (Å²) in [5.74, 6) is 1.70. The van der Waals surface area contributed by atoms with E-state index >= 15 is 0 Å². The number of benzene rings is 1. The zero-order valence-corrected chi connectivity index (χ0v) is 13.2. The molecule has 3 atom stereocenters. The molecule has 1 aromatic carbocycles. The average Bonchev–Trinajstić information content (AvgIpc) is 2.82. The minimum absolute atomic E-state index is 0.551. The molecule has 1 saturated carbocycles. The predicted molar refractivity (Wildman–Crippen MR) is 83.2 cm³/mol. The Hall–Kier alpha value is -0.300.